The summed E-state index contributed by atoms with van der Waals surface area (Å²) in [7, 11) is 1.48. The van der Waals surface area contributed by atoms with E-state index < -0.39 is 17.7 Å². The first-order valence-electron chi connectivity index (χ1n) is 12.4. The van der Waals surface area contributed by atoms with Crippen LogP contribution in [0.3, 0.4) is 0 Å². The van der Waals surface area contributed by atoms with Gasteiger partial charge in [-0.2, -0.15) is 0 Å². The van der Waals surface area contributed by atoms with Gasteiger partial charge < -0.3 is 14.6 Å². The van der Waals surface area contributed by atoms with Gasteiger partial charge in [-0.25, -0.2) is 0 Å². The summed E-state index contributed by atoms with van der Waals surface area (Å²) in [6.45, 7) is 7.36. The number of anilines is 1. The lowest BCUT2D eigenvalue weighted by Gasteiger charge is -2.26. The Hall–Kier alpha value is -4.39. The molecule has 0 saturated carbocycles. The van der Waals surface area contributed by atoms with Gasteiger partial charge in [-0.15, -0.1) is 0 Å². The van der Waals surface area contributed by atoms with Crippen LogP contribution >= 0.6 is 0 Å². The lowest BCUT2D eigenvalue weighted by molar-refractivity contribution is -0.146. The van der Waals surface area contributed by atoms with Crippen LogP contribution in [0.4, 0.5) is 5.69 Å². The average molecular weight is 514 g/mol. The number of aliphatic hydroxyl groups is 1. The molecule has 0 aliphatic carbocycles. The third kappa shape index (κ3) is 5.32. The second kappa shape index (κ2) is 10.9. The highest BCUT2D eigenvalue weighted by atomic mass is 16.5. The molecule has 0 bridgehead atoms. The van der Waals surface area contributed by atoms with Gasteiger partial charge >= 0.3 is 5.97 Å². The van der Waals surface area contributed by atoms with Crippen LogP contribution < -0.4 is 9.64 Å². The van der Waals surface area contributed by atoms with Crippen molar-refractivity contribution in [2.45, 2.75) is 46.3 Å². The summed E-state index contributed by atoms with van der Waals surface area (Å²) in [5, 5.41) is 11.5. The minimum atomic E-state index is -0.864. The van der Waals surface area contributed by atoms with Crippen molar-refractivity contribution < 1.29 is 29.0 Å². The second-order valence-electron chi connectivity index (χ2n) is 9.67. The number of hydrogen-bond donors (Lipinski definition) is 1. The lowest BCUT2D eigenvalue weighted by Crippen LogP contribution is -2.29. The van der Waals surface area contributed by atoms with Crippen molar-refractivity contribution in [2.24, 2.45) is 0 Å². The topological polar surface area (TPSA) is 93.1 Å². The molecule has 196 valence electrons. The van der Waals surface area contributed by atoms with Gasteiger partial charge in [0.05, 0.1) is 36.8 Å². The molecule has 3 aromatic carbocycles. The summed E-state index contributed by atoms with van der Waals surface area (Å²) < 4.78 is 10.7. The zero-order valence-electron chi connectivity index (χ0n) is 22.1. The highest BCUT2D eigenvalue weighted by Crippen LogP contribution is 2.43. The number of carbonyl (C=O) groups excluding carboxylic acids is 3. The Bertz CT molecular complexity index is 1420. The minimum Gasteiger partial charge on any atom is -0.507 e. The first-order valence-corrected chi connectivity index (χ1v) is 12.4. The summed E-state index contributed by atoms with van der Waals surface area (Å²) in [5.41, 5.74) is 3.99. The summed E-state index contributed by atoms with van der Waals surface area (Å²) in [6.07, 6.45) is -0.124. The van der Waals surface area contributed by atoms with E-state index in [-0.39, 0.29) is 29.8 Å². The number of hydrogen-bond acceptors (Lipinski definition) is 6. The minimum absolute atomic E-state index is 0.0194. The van der Waals surface area contributed by atoms with Crippen molar-refractivity contribution >= 4 is 29.1 Å². The van der Waals surface area contributed by atoms with Crippen LogP contribution in [0, 0.1) is 13.8 Å². The van der Waals surface area contributed by atoms with Crippen molar-refractivity contribution in [3.8, 4) is 5.75 Å². The molecule has 1 aliphatic heterocycles. The Morgan fingerprint density at radius 1 is 0.974 bits per heavy atom. The van der Waals surface area contributed by atoms with Crippen LogP contribution in [0.2, 0.25) is 0 Å². The predicted molar refractivity (Wildman–Crippen MR) is 145 cm³/mol. The molecule has 1 amide bonds. The third-order valence-electron chi connectivity index (χ3n) is 6.34. The molecule has 0 aromatic heterocycles. The molecule has 1 heterocycles. The normalized spacial score (nSPS) is 16.7. The van der Waals surface area contributed by atoms with Crippen LogP contribution in [-0.2, 0) is 25.5 Å². The fraction of sp³-hybridized carbons (Fsp3) is 0.258. The van der Waals surface area contributed by atoms with E-state index in [1.54, 1.807) is 50.2 Å². The maximum atomic E-state index is 13.5. The summed E-state index contributed by atoms with van der Waals surface area (Å²) >= 11 is 0. The monoisotopic (exact) mass is 513 g/mol. The van der Waals surface area contributed by atoms with E-state index in [1.807, 2.05) is 44.2 Å². The largest absolute Gasteiger partial charge is 0.507 e. The Morgan fingerprint density at radius 2 is 1.66 bits per heavy atom. The number of benzene rings is 3. The summed E-state index contributed by atoms with van der Waals surface area (Å²) in [5.74, 6) is -1.80. The molecule has 1 aliphatic rings. The van der Waals surface area contributed by atoms with E-state index in [0.717, 1.165) is 11.1 Å². The maximum absolute atomic E-state index is 13.5. The van der Waals surface area contributed by atoms with Crippen LogP contribution in [-0.4, -0.2) is 36.0 Å². The molecule has 0 radical (unpaired) electrons. The molecule has 1 fully saturated rings. The second-order valence-corrected chi connectivity index (χ2v) is 9.67. The van der Waals surface area contributed by atoms with Gasteiger partial charge in [-0.3, -0.25) is 19.3 Å². The Labute approximate surface area is 222 Å². The SMILES string of the molecule is COc1ccc(C)cc1/C(O)=C1\C(=O)C(=O)N(c2ccc(CC(=O)OC(C)C)cc2)C1c1cccc(C)c1. The van der Waals surface area contributed by atoms with Crippen LogP contribution in [0.5, 0.6) is 5.75 Å². The van der Waals surface area contributed by atoms with Gasteiger partial charge in [0, 0.05) is 5.69 Å². The van der Waals surface area contributed by atoms with E-state index in [2.05, 4.69) is 0 Å². The van der Waals surface area contributed by atoms with Crippen LogP contribution in [0.15, 0.2) is 72.3 Å². The highest BCUT2D eigenvalue weighted by molar-refractivity contribution is 6.51. The first-order chi connectivity index (χ1) is 18.1. The predicted octanol–water partition coefficient (Wildman–Crippen LogP) is 5.43. The first kappa shape index (κ1) is 26.7. The fourth-order valence-corrected chi connectivity index (χ4v) is 4.65. The van der Waals surface area contributed by atoms with Gasteiger partial charge in [-0.1, -0.05) is 53.6 Å². The van der Waals surface area contributed by atoms with Gasteiger partial charge in [0.1, 0.15) is 11.5 Å². The molecule has 1 N–H and O–H groups in total. The molecule has 1 unspecified atom stereocenters. The van der Waals surface area contributed by atoms with Crippen molar-refractivity contribution in [3.63, 3.8) is 0 Å². The molecule has 3 aromatic rings. The number of aliphatic hydroxyl groups excluding tert-OH is 1. The quantitative estimate of drug-likeness (QED) is 0.196. The van der Waals surface area contributed by atoms with Gasteiger partial charge in [0.25, 0.3) is 11.7 Å². The maximum Gasteiger partial charge on any atom is 0.310 e. The van der Waals surface area contributed by atoms with E-state index in [1.165, 1.54) is 12.0 Å². The zero-order chi connectivity index (χ0) is 27.6. The zero-order valence-corrected chi connectivity index (χ0v) is 22.1. The van der Waals surface area contributed by atoms with Crippen LogP contribution in [0.25, 0.3) is 5.76 Å². The van der Waals surface area contributed by atoms with Crippen molar-refractivity contribution in [2.75, 3.05) is 12.0 Å². The van der Waals surface area contributed by atoms with Gasteiger partial charge in [0.2, 0.25) is 0 Å². The molecule has 1 saturated heterocycles. The molecule has 7 nitrogen and oxygen atoms in total. The number of Topliss-reactive ketones (excluding diaryl/α,β-unsaturated/α-hetero) is 1. The fourth-order valence-electron chi connectivity index (χ4n) is 4.65. The number of carbonyl (C=O) groups is 3. The summed E-state index contributed by atoms with van der Waals surface area (Å²) in [6, 6.07) is 18.7. The van der Waals surface area contributed by atoms with Crippen molar-refractivity contribution in [1.29, 1.82) is 0 Å². The molecule has 7 heteroatoms. The molecular formula is C31H31NO6. The Balaban J connectivity index is 1.83. The Morgan fingerprint density at radius 3 is 2.29 bits per heavy atom. The lowest BCUT2D eigenvalue weighted by atomic mass is 9.93. The Kier molecular flexibility index (Phi) is 7.67. The number of methoxy groups -OCH3 is 1. The number of esters is 1. The highest BCUT2D eigenvalue weighted by Gasteiger charge is 2.47. The van der Waals surface area contributed by atoms with E-state index in [9.17, 15) is 19.5 Å². The van der Waals surface area contributed by atoms with E-state index in [4.69, 9.17) is 9.47 Å². The standard InChI is InChI=1S/C31H31NO6/c1-18(2)38-26(33)17-21-10-12-23(13-11-21)32-28(22-8-6-7-19(3)15-22)27(30(35)31(32)36)29(34)24-16-20(4)9-14-25(24)37-5/h6-16,18,28,34H,17H2,1-5H3/b29-27+. The van der Waals surface area contributed by atoms with Crippen molar-refractivity contribution in [1.82, 2.24) is 0 Å². The van der Waals surface area contributed by atoms with E-state index in [0.29, 0.717) is 28.1 Å². The number of amides is 1. The molecule has 4 rings (SSSR count). The molecule has 0 spiro atoms. The number of rotatable bonds is 7. The third-order valence-corrected chi connectivity index (χ3v) is 6.34. The van der Waals surface area contributed by atoms with Crippen LogP contribution in [0.1, 0.15) is 47.7 Å². The number of aryl methyl sites for hydroxylation is 2. The van der Waals surface area contributed by atoms with E-state index >= 15 is 0 Å². The van der Waals surface area contributed by atoms with Crippen molar-refractivity contribution in [3.05, 3.63) is 100 Å². The van der Waals surface area contributed by atoms with Gasteiger partial charge in [-0.05, 0) is 63.1 Å². The van der Waals surface area contributed by atoms with Gasteiger partial charge in [0.15, 0.2) is 0 Å². The molecular weight excluding hydrogens is 482 g/mol. The number of ether oxygens (including phenoxy) is 2. The smallest absolute Gasteiger partial charge is 0.310 e. The summed E-state index contributed by atoms with van der Waals surface area (Å²) in [4.78, 5) is 40.4. The molecule has 38 heavy (non-hydrogen) atoms. The molecule has 1 atom stereocenters. The number of ketones is 1. The number of nitrogens with zero attached hydrogens (tertiary/aromatic N) is 1. The average Bonchev–Trinajstić information content (AvgIpc) is 3.14.